The average molecular weight is 282 g/mol. The summed E-state index contributed by atoms with van der Waals surface area (Å²) in [6.07, 6.45) is 3.73. The van der Waals surface area contributed by atoms with Crippen LogP contribution in [-0.4, -0.2) is 24.2 Å². The molecule has 2 rings (SSSR count). The fourth-order valence-electron chi connectivity index (χ4n) is 2.65. The van der Waals surface area contributed by atoms with Crippen molar-refractivity contribution >= 4 is 22.9 Å². The minimum Gasteiger partial charge on any atom is -0.397 e. The number of hydrogen-bond donors (Lipinski definition) is 2. The molecule has 1 aliphatic heterocycles. The van der Waals surface area contributed by atoms with Gasteiger partial charge in [0.15, 0.2) is 0 Å². The summed E-state index contributed by atoms with van der Waals surface area (Å²) in [4.78, 5) is 12.8. The Morgan fingerprint density at radius 3 is 2.89 bits per heavy atom. The topological polar surface area (TPSA) is 64.4 Å². The van der Waals surface area contributed by atoms with Crippen molar-refractivity contribution in [2.45, 2.75) is 51.2 Å². The van der Waals surface area contributed by atoms with E-state index in [2.05, 4.69) is 19.2 Å². The van der Waals surface area contributed by atoms with Crippen molar-refractivity contribution in [2.24, 2.45) is 0 Å². The molecule has 0 aromatic carbocycles. The van der Waals surface area contributed by atoms with Gasteiger partial charge in [0.2, 0.25) is 0 Å². The van der Waals surface area contributed by atoms with Crippen molar-refractivity contribution in [1.29, 1.82) is 0 Å². The van der Waals surface area contributed by atoms with Crippen molar-refractivity contribution in [2.75, 3.05) is 12.3 Å². The lowest BCUT2D eigenvalue weighted by atomic mass is 9.86. The van der Waals surface area contributed by atoms with Crippen LogP contribution >= 0.6 is 11.3 Å². The van der Waals surface area contributed by atoms with Crippen LogP contribution in [0, 0.1) is 0 Å². The minimum atomic E-state index is -0.0722. The number of hydrogen-bond acceptors (Lipinski definition) is 4. The third-order valence-electron chi connectivity index (χ3n) is 4.02. The van der Waals surface area contributed by atoms with E-state index < -0.39 is 0 Å². The van der Waals surface area contributed by atoms with E-state index >= 15 is 0 Å². The van der Waals surface area contributed by atoms with Crippen molar-refractivity contribution < 1.29 is 9.53 Å². The first-order valence-corrected chi connectivity index (χ1v) is 7.76. The number of amides is 1. The molecule has 106 valence electrons. The molecule has 2 heterocycles. The number of anilines is 1. The average Bonchev–Trinajstić information content (AvgIpc) is 2.85. The Morgan fingerprint density at radius 1 is 1.58 bits per heavy atom. The van der Waals surface area contributed by atoms with E-state index in [1.54, 1.807) is 6.07 Å². The summed E-state index contributed by atoms with van der Waals surface area (Å²) in [7, 11) is 0. The summed E-state index contributed by atoms with van der Waals surface area (Å²) in [5, 5.41) is 4.94. The number of nitrogens with two attached hydrogens (primary N) is 1. The van der Waals surface area contributed by atoms with E-state index in [1.807, 2.05) is 5.38 Å². The van der Waals surface area contributed by atoms with Crippen LogP contribution in [0.1, 0.15) is 49.2 Å². The van der Waals surface area contributed by atoms with Gasteiger partial charge in [-0.05, 0) is 37.1 Å². The van der Waals surface area contributed by atoms with E-state index in [4.69, 9.17) is 10.5 Å². The maximum Gasteiger partial charge on any atom is 0.263 e. The van der Waals surface area contributed by atoms with Crippen LogP contribution in [0.4, 0.5) is 5.69 Å². The Hall–Kier alpha value is -1.07. The molecule has 19 heavy (non-hydrogen) atoms. The highest BCUT2D eigenvalue weighted by Gasteiger charge is 2.35. The highest BCUT2D eigenvalue weighted by atomic mass is 32.1. The second kappa shape index (κ2) is 5.92. The molecule has 0 aliphatic carbocycles. The third kappa shape index (κ3) is 3.09. The van der Waals surface area contributed by atoms with E-state index in [0.717, 1.165) is 25.7 Å². The molecule has 1 fully saturated rings. The first kappa shape index (κ1) is 14.3. The maximum atomic E-state index is 12.2. The summed E-state index contributed by atoms with van der Waals surface area (Å²) < 4.78 is 5.92. The highest BCUT2D eigenvalue weighted by molar-refractivity contribution is 7.12. The molecule has 0 bridgehead atoms. The number of carbonyl (C=O) groups is 1. The summed E-state index contributed by atoms with van der Waals surface area (Å²) in [5.74, 6) is -0.0551. The Morgan fingerprint density at radius 2 is 2.32 bits per heavy atom. The molecule has 1 aromatic heterocycles. The van der Waals surface area contributed by atoms with Gasteiger partial charge in [0, 0.05) is 12.6 Å². The van der Waals surface area contributed by atoms with Crippen molar-refractivity contribution in [1.82, 2.24) is 5.32 Å². The smallest absolute Gasteiger partial charge is 0.263 e. The second-order valence-electron chi connectivity index (χ2n) is 5.11. The van der Waals surface area contributed by atoms with Crippen LogP contribution in [0.5, 0.6) is 0 Å². The second-order valence-corrected chi connectivity index (χ2v) is 6.02. The van der Waals surface area contributed by atoms with Gasteiger partial charge in [0.1, 0.15) is 4.88 Å². The van der Waals surface area contributed by atoms with Crippen LogP contribution in [0.2, 0.25) is 0 Å². The number of carbonyl (C=O) groups excluding carboxylic acids is 1. The molecule has 1 saturated heterocycles. The molecule has 4 nitrogen and oxygen atoms in total. The fraction of sp³-hybridized carbons (Fsp3) is 0.643. The van der Waals surface area contributed by atoms with Gasteiger partial charge in [-0.2, -0.15) is 0 Å². The molecule has 0 saturated carbocycles. The molecular formula is C14H22N2O2S. The minimum absolute atomic E-state index is 0.0551. The van der Waals surface area contributed by atoms with Gasteiger partial charge in [0.05, 0.1) is 11.3 Å². The van der Waals surface area contributed by atoms with E-state index in [-0.39, 0.29) is 17.6 Å². The molecule has 3 N–H and O–H groups in total. The molecule has 1 aliphatic rings. The first-order chi connectivity index (χ1) is 9.10. The summed E-state index contributed by atoms with van der Waals surface area (Å²) >= 11 is 1.39. The highest BCUT2D eigenvalue weighted by Crippen LogP contribution is 2.31. The number of rotatable bonds is 4. The lowest BCUT2D eigenvalue weighted by Crippen LogP contribution is -2.48. The van der Waals surface area contributed by atoms with Crippen molar-refractivity contribution in [3.63, 3.8) is 0 Å². The van der Waals surface area contributed by atoms with Gasteiger partial charge >= 0.3 is 0 Å². The number of ether oxygens (including phenoxy) is 1. The first-order valence-electron chi connectivity index (χ1n) is 6.88. The van der Waals surface area contributed by atoms with Gasteiger partial charge in [0.25, 0.3) is 5.91 Å². The molecule has 1 unspecified atom stereocenters. The van der Waals surface area contributed by atoms with Crippen molar-refractivity contribution in [3.05, 3.63) is 16.3 Å². The summed E-state index contributed by atoms with van der Waals surface area (Å²) in [6, 6.07) is 1.95. The maximum absolute atomic E-state index is 12.2. The van der Waals surface area contributed by atoms with Crippen molar-refractivity contribution in [3.8, 4) is 0 Å². The van der Waals surface area contributed by atoms with Crippen LogP contribution in [0.25, 0.3) is 0 Å². The van der Waals surface area contributed by atoms with Gasteiger partial charge in [-0.1, -0.05) is 13.8 Å². The van der Waals surface area contributed by atoms with E-state index in [0.29, 0.717) is 17.2 Å². The predicted molar refractivity (Wildman–Crippen MR) is 78.5 cm³/mol. The van der Waals surface area contributed by atoms with Gasteiger partial charge in [-0.25, -0.2) is 0 Å². The Labute approximate surface area is 118 Å². The standard InChI is InChI=1S/C14H22N2O2S/c1-3-14(4-2)9-10(5-7-18-14)16-13(17)12-11(15)6-8-19-12/h6,8,10H,3-5,7,9,15H2,1-2H3,(H,16,17). The molecular weight excluding hydrogens is 260 g/mol. The molecule has 1 aromatic rings. The van der Waals surface area contributed by atoms with Crippen LogP contribution in [0.3, 0.4) is 0 Å². The molecule has 1 amide bonds. The fourth-order valence-corrected chi connectivity index (χ4v) is 3.37. The largest absolute Gasteiger partial charge is 0.397 e. The zero-order chi connectivity index (χ0) is 13.9. The molecule has 1 atom stereocenters. The normalized spacial score (nSPS) is 22.1. The number of thiophene rings is 1. The lowest BCUT2D eigenvalue weighted by Gasteiger charge is -2.40. The zero-order valence-corrected chi connectivity index (χ0v) is 12.4. The monoisotopic (exact) mass is 282 g/mol. The zero-order valence-electron chi connectivity index (χ0n) is 11.6. The number of nitrogen functional groups attached to an aromatic ring is 1. The third-order valence-corrected chi connectivity index (χ3v) is 4.95. The van der Waals surface area contributed by atoms with Gasteiger partial charge in [-0.3, -0.25) is 4.79 Å². The molecule has 5 heteroatoms. The Bertz CT molecular complexity index is 440. The van der Waals surface area contributed by atoms with E-state index in [9.17, 15) is 4.79 Å². The van der Waals surface area contributed by atoms with E-state index in [1.165, 1.54) is 11.3 Å². The Balaban J connectivity index is 2.00. The van der Waals surface area contributed by atoms with Crippen LogP contribution in [-0.2, 0) is 4.74 Å². The predicted octanol–water partition coefficient (Wildman–Crippen LogP) is 2.80. The Kier molecular flexibility index (Phi) is 4.47. The quantitative estimate of drug-likeness (QED) is 0.892. The summed E-state index contributed by atoms with van der Waals surface area (Å²) in [5.41, 5.74) is 6.27. The lowest BCUT2D eigenvalue weighted by molar-refractivity contribution is -0.0917. The molecule has 0 spiro atoms. The van der Waals surface area contributed by atoms with Crippen LogP contribution < -0.4 is 11.1 Å². The number of nitrogens with one attached hydrogen (secondary N) is 1. The molecule has 0 radical (unpaired) electrons. The SMILES string of the molecule is CCC1(CC)CC(NC(=O)c2sccc2N)CCO1. The van der Waals surface area contributed by atoms with Gasteiger partial charge in [-0.15, -0.1) is 11.3 Å². The summed E-state index contributed by atoms with van der Waals surface area (Å²) in [6.45, 7) is 5.00. The van der Waals surface area contributed by atoms with Crippen LogP contribution in [0.15, 0.2) is 11.4 Å². The van der Waals surface area contributed by atoms with Gasteiger partial charge < -0.3 is 15.8 Å².